The van der Waals surface area contributed by atoms with E-state index in [2.05, 4.69) is 6.07 Å². The molecule has 1 aromatic rings. The third-order valence-electron chi connectivity index (χ3n) is 3.60. The van der Waals surface area contributed by atoms with Crippen LogP contribution < -0.4 is 5.73 Å². The largest absolute Gasteiger partial charge is 0.324 e. The van der Waals surface area contributed by atoms with Crippen molar-refractivity contribution < 1.29 is 0 Å². The second kappa shape index (κ2) is 5.14. The molecule has 2 heteroatoms. The van der Waals surface area contributed by atoms with E-state index in [1.807, 2.05) is 24.3 Å². The molecule has 16 heavy (non-hydrogen) atoms. The van der Waals surface area contributed by atoms with Crippen LogP contribution in [0.1, 0.15) is 49.3 Å². The molecule has 1 aliphatic carbocycles. The third kappa shape index (κ3) is 2.25. The van der Waals surface area contributed by atoms with Gasteiger partial charge in [0.1, 0.15) is 0 Å². The molecule has 0 unspecified atom stereocenters. The number of nitrogens with zero attached hydrogens (tertiary/aromatic N) is 1. The molecule has 0 heterocycles. The molecular weight excluding hydrogens is 196 g/mol. The normalized spacial score (nSPS) is 19.0. The number of rotatable bonds is 2. The fourth-order valence-electron chi connectivity index (χ4n) is 2.64. The van der Waals surface area contributed by atoms with Gasteiger partial charge in [0, 0.05) is 6.04 Å². The highest BCUT2D eigenvalue weighted by Gasteiger charge is 2.23. The Morgan fingerprint density at radius 2 is 1.88 bits per heavy atom. The van der Waals surface area contributed by atoms with Crippen molar-refractivity contribution in [2.24, 2.45) is 11.7 Å². The zero-order valence-electron chi connectivity index (χ0n) is 9.52. The van der Waals surface area contributed by atoms with Crippen LogP contribution in [0, 0.1) is 17.2 Å². The zero-order chi connectivity index (χ0) is 11.4. The fourth-order valence-corrected chi connectivity index (χ4v) is 2.64. The number of nitrogens with two attached hydrogens (primary N) is 1. The monoisotopic (exact) mass is 214 g/mol. The first-order valence-corrected chi connectivity index (χ1v) is 6.07. The molecule has 0 radical (unpaired) electrons. The fraction of sp³-hybridized carbons (Fsp3) is 0.500. The maximum atomic E-state index is 9.06. The van der Waals surface area contributed by atoms with Gasteiger partial charge in [-0.2, -0.15) is 5.26 Å². The van der Waals surface area contributed by atoms with E-state index in [1.54, 1.807) is 0 Å². The van der Waals surface area contributed by atoms with Gasteiger partial charge in [0.25, 0.3) is 0 Å². The van der Waals surface area contributed by atoms with Gasteiger partial charge in [-0.05, 0) is 30.4 Å². The first-order valence-electron chi connectivity index (χ1n) is 6.07. The Morgan fingerprint density at radius 1 is 1.19 bits per heavy atom. The van der Waals surface area contributed by atoms with Gasteiger partial charge in [-0.1, -0.05) is 37.5 Å². The van der Waals surface area contributed by atoms with Crippen molar-refractivity contribution in [3.63, 3.8) is 0 Å². The van der Waals surface area contributed by atoms with E-state index in [0.29, 0.717) is 5.92 Å². The molecule has 0 bridgehead atoms. The van der Waals surface area contributed by atoms with Gasteiger partial charge in [0.2, 0.25) is 0 Å². The smallest absolute Gasteiger partial charge is 0.0995 e. The predicted molar refractivity (Wildman–Crippen MR) is 64.7 cm³/mol. The van der Waals surface area contributed by atoms with Crippen LogP contribution in [0.4, 0.5) is 0 Å². The molecule has 0 saturated heterocycles. The van der Waals surface area contributed by atoms with Crippen LogP contribution >= 0.6 is 0 Å². The van der Waals surface area contributed by atoms with Gasteiger partial charge in [-0.3, -0.25) is 0 Å². The molecule has 1 atom stereocenters. The maximum absolute atomic E-state index is 9.06. The maximum Gasteiger partial charge on any atom is 0.0995 e. The van der Waals surface area contributed by atoms with Crippen molar-refractivity contribution in [1.29, 1.82) is 5.26 Å². The summed E-state index contributed by atoms with van der Waals surface area (Å²) in [4.78, 5) is 0. The number of hydrogen-bond donors (Lipinski definition) is 1. The third-order valence-corrected chi connectivity index (χ3v) is 3.60. The van der Waals surface area contributed by atoms with Crippen molar-refractivity contribution in [2.75, 3.05) is 0 Å². The van der Waals surface area contributed by atoms with Gasteiger partial charge in [-0.15, -0.1) is 0 Å². The number of hydrogen-bond acceptors (Lipinski definition) is 2. The summed E-state index contributed by atoms with van der Waals surface area (Å²) in [5.41, 5.74) is 8.06. The first kappa shape index (κ1) is 11.2. The standard InChI is InChI=1S/C14H18N2/c15-10-12-8-4-5-9-13(12)14(16)11-6-2-1-3-7-11/h4-5,8-9,11,14H,1-3,6-7,16H2/t14-/m0/s1. The van der Waals surface area contributed by atoms with Crippen LogP contribution in [-0.2, 0) is 0 Å². The van der Waals surface area contributed by atoms with E-state index in [4.69, 9.17) is 11.0 Å². The molecule has 2 N–H and O–H groups in total. The summed E-state index contributed by atoms with van der Waals surface area (Å²) in [5, 5.41) is 9.06. The van der Waals surface area contributed by atoms with E-state index < -0.39 is 0 Å². The highest BCUT2D eigenvalue weighted by Crippen LogP contribution is 2.33. The Hall–Kier alpha value is -1.33. The SMILES string of the molecule is N#Cc1ccccc1[C@@H](N)C1CCCCC1. The van der Waals surface area contributed by atoms with Crippen LogP contribution in [0.2, 0.25) is 0 Å². The number of nitriles is 1. The summed E-state index contributed by atoms with van der Waals surface area (Å²) in [6.45, 7) is 0. The molecule has 84 valence electrons. The van der Waals surface area contributed by atoms with Gasteiger partial charge < -0.3 is 5.73 Å². The lowest BCUT2D eigenvalue weighted by Crippen LogP contribution is -2.24. The molecule has 1 saturated carbocycles. The van der Waals surface area contributed by atoms with Crippen molar-refractivity contribution in [2.45, 2.75) is 38.1 Å². The molecule has 1 fully saturated rings. The second-order valence-corrected chi connectivity index (χ2v) is 4.62. The molecule has 2 rings (SSSR count). The van der Waals surface area contributed by atoms with Gasteiger partial charge in [0.15, 0.2) is 0 Å². The first-order chi connectivity index (χ1) is 7.83. The predicted octanol–water partition coefficient (Wildman–Crippen LogP) is 3.14. The Kier molecular flexibility index (Phi) is 3.58. The van der Waals surface area contributed by atoms with E-state index >= 15 is 0 Å². The molecule has 2 nitrogen and oxygen atoms in total. The quantitative estimate of drug-likeness (QED) is 0.822. The van der Waals surface area contributed by atoms with Gasteiger partial charge in [-0.25, -0.2) is 0 Å². The van der Waals surface area contributed by atoms with E-state index in [0.717, 1.165) is 11.1 Å². The highest BCUT2D eigenvalue weighted by atomic mass is 14.7. The highest BCUT2D eigenvalue weighted by molar-refractivity contribution is 5.39. The van der Waals surface area contributed by atoms with Crippen LogP contribution in [0.15, 0.2) is 24.3 Å². The average Bonchev–Trinajstić information content (AvgIpc) is 2.39. The van der Waals surface area contributed by atoms with Crippen molar-refractivity contribution in [3.8, 4) is 6.07 Å². The zero-order valence-corrected chi connectivity index (χ0v) is 9.52. The van der Waals surface area contributed by atoms with Gasteiger partial charge in [0.05, 0.1) is 11.6 Å². The van der Waals surface area contributed by atoms with Crippen LogP contribution in [0.25, 0.3) is 0 Å². The van der Waals surface area contributed by atoms with Crippen molar-refractivity contribution >= 4 is 0 Å². The van der Waals surface area contributed by atoms with Crippen molar-refractivity contribution in [3.05, 3.63) is 35.4 Å². The minimum Gasteiger partial charge on any atom is -0.324 e. The Labute approximate surface area is 97.1 Å². The Balaban J connectivity index is 2.19. The lowest BCUT2D eigenvalue weighted by Gasteiger charge is -2.28. The molecule has 0 spiro atoms. The average molecular weight is 214 g/mol. The number of benzene rings is 1. The van der Waals surface area contributed by atoms with Crippen LogP contribution in [0.3, 0.4) is 0 Å². The molecule has 1 aromatic carbocycles. The van der Waals surface area contributed by atoms with Gasteiger partial charge >= 0.3 is 0 Å². The lowest BCUT2D eigenvalue weighted by atomic mass is 9.80. The summed E-state index contributed by atoms with van der Waals surface area (Å²) in [6.07, 6.45) is 6.32. The summed E-state index contributed by atoms with van der Waals surface area (Å²) in [6, 6.07) is 10.0. The minimum absolute atomic E-state index is 0.0381. The summed E-state index contributed by atoms with van der Waals surface area (Å²) in [5.74, 6) is 0.559. The molecule has 0 aromatic heterocycles. The van der Waals surface area contributed by atoms with E-state index in [-0.39, 0.29) is 6.04 Å². The Morgan fingerprint density at radius 3 is 2.56 bits per heavy atom. The molecule has 0 amide bonds. The minimum atomic E-state index is 0.0381. The molecular formula is C14H18N2. The summed E-state index contributed by atoms with van der Waals surface area (Å²) < 4.78 is 0. The molecule has 1 aliphatic rings. The van der Waals surface area contributed by atoms with Crippen LogP contribution in [-0.4, -0.2) is 0 Å². The van der Waals surface area contributed by atoms with Crippen LogP contribution in [0.5, 0.6) is 0 Å². The van der Waals surface area contributed by atoms with E-state index in [1.165, 1.54) is 32.1 Å². The summed E-state index contributed by atoms with van der Waals surface area (Å²) >= 11 is 0. The van der Waals surface area contributed by atoms with E-state index in [9.17, 15) is 0 Å². The Bertz CT molecular complexity index is 386. The molecule has 0 aliphatic heterocycles. The second-order valence-electron chi connectivity index (χ2n) is 4.62. The summed E-state index contributed by atoms with van der Waals surface area (Å²) in [7, 11) is 0. The topological polar surface area (TPSA) is 49.8 Å². The van der Waals surface area contributed by atoms with Crippen molar-refractivity contribution in [1.82, 2.24) is 0 Å². The lowest BCUT2D eigenvalue weighted by molar-refractivity contribution is 0.308.